The van der Waals surface area contributed by atoms with Crippen molar-refractivity contribution in [2.75, 3.05) is 17.4 Å². The van der Waals surface area contributed by atoms with E-state index in [1.165, 1.54) is 59.5 Å². The van der Waals surface area contributed by atoms with Crippen LogP contribution in [0.3, 0.4) is 0 Å². The summed E-state index contributed by atoms with van der Waals surface area (Å²) >= 11 is 0. The fourth-order valence-electron chi connectivity index (χ4n) is 4.22. The van der Waals surface area contributed by atoms with E-state index in [0.29, 0.717) is 12.1 Å². The number of hydrogen-bond acceptors (Lipinski definition) is 4. The van der Waals surface area contributed by atoms with Gasteiger partial charge < -0.3 is 10.2 Å². The minimum absolute atomic E-state index is 0.0749. The first-order valence-electron chi connectivity index (χ1n) is 13.2. The van der Waals surface area contributed by atoms with Gasteiger partial charge in [-0.05, 0) is 61.7 Å². The highest BCUT2D eigenvalue weighted by Crippen LogP contribution is 2.27. The van der Waals surface area contributed by atoms with E-state index in [4.69, 9.17) is 0 Å². The lowest BCUT2D eigenvalue weighted by Gasteiger charge is -2.33. The molecule has 0 spiro atoms. The minimum atomic E-state index is -4.37. The van der Waals surface area contributed by atoms with E-state index < -0.39 is 40.2 Å². The van der Waals surface area contributed by atoms with Crippen LogP contribution in [0.4, 0.5) is 14.5 Å². The Bertz CT molecular complexity index is 1400. The van der Waals surface area contributed by atoms with E-state index in [-0.39, 0.29) is 29.5 Å². The highest BCUT2D eigenvalue weighted by Gasteiger charge is 2.34. The molecule has 214 valence electrons. The van der Waals surface area contributed by atoms with Gasteiger partial charge in [-0.15, -0.1) is 0 Å². The highest BCUT2D eigenvalue weighted by atomic mass is 32.2. The zero-order valence-electron chi connectivity index (χ0n) is 22.9. The second-order valence-electron chi connectivity index (χ2n) is 9.49. The Hall–Kier alpha value is -3.79. The van der Waals surface area contributed by atoms with Crippen molar-refractivity contribution in [3.05, 3.63) is 95.6 Å². The summed E-state index contributed by atoms with van der Waals surface area (Å²) in [5.74, 6) is -2.37. The van der Waals surface area contributed by atoms with Gasteiger partial charge in [0, 0.05) is 13.1 Å². The Morgan fingerprint density at radius 2 is 1.57 bits per heavy atom. The van der Waals surface area contributed by atoms with Crippen molar-refractivity contribution in [3.8, 4) is 0 Å². The molecule has 3 aromatic carbocycles. The Morgan fingerprint density at radius 1 is 0.925 bits per heavy atom. The molecule has 40 heavy (non-hydrogen) atoms. The molecule has 0 aliphatic rings. The summed E-state index contributed by atoms with van der Waals surface area (Å²) in [7, 11) is -4.37. The van der Waals surface area contributed by atoms with E-state index in [1.54, 1.807) is 26.0 Å². The van der Waals surface area contributed by atoms with Crippen molar-refractivity contribution < 1.29 is 26.8 Å². The van der Waals surface area contributed by atoms with Gasteiger partial charge in [-0.3, -0.25) is 13.9 Å². The molecule has 0 bridgehead atoms. The van der Waals surface area contributed by atoms with Gasteiger partial charge in [-0.25, -0.2) is 17.2 Å². The quantitative estimate of drug-likeness (QED) is 0.286. The minimum Gasteiger partial charge on any atom is -0.354 e. The number of hydrogen-bond donors (Lipinski definition) is 1. The van der Waals surface area contributed by atoms with Crippen LogP contribution in [0.1, 0.15) is 44.2 Å². The molecule has 3 aromatic rings. The number of nitrogens with zero attached hydrogens (tertiary/aromatic N) is 2. The number of rotatable bonds is 13. The van der Waals surface area contributed by atoms with Crippen molar-refractivity contribution >= 4 is 27.5 Å². The molecule has 10 heteroatoms. The van der Waals surface area contributed by atoms with Crippen LogP contribution in [0.2, 0.25) is 0 Å². The van der Waals surface area contributed by atoms with Gasteiger partial charge in [-0.1, -0.05) is 62.2 Å². The summed E-state index contributed by atoms with van der Waals surface area (Å²) in [6, 6.07) is 15.9. The first-order chi connectivity index (χ1) is 19.1. The lowest BCUT2D eigenvalue weighted by molar-refractivity contribution is -0.140. The van der Waals surface area contributed by atoms with Crippen molar-refractivity contribution in [3.63, 3.8) is 0 Å². The van der Waals surface area contributed by atoms with Gasteiger partial charge in [0.1, 0.15) is 24.2 Å². The van der Waals surface area contributed by atoms with Crippen molar-refractivity contribution in [2.24, 2.45) is 0 Å². The smallest absolute Gasteiger partial charge is 0.264 e. The molecule has 0 aliphatic heterocycles. The first-order valence-corrected chi connectivity index (χ1v) is 14.7. The van der Waals surface area contributed by atoms with Crippen molar-refractivity contribution in [1.82, 2.24) is 10.2 Å². The predicted octanol–water partition coefficient (Wildman–Crippen LogP) is 5.19. The summed E-state index contributed by atoms with van der Waals surface area (Å²) < 4.78 is 56.8. The number of carbonyl (C=O) groups is 2. The van der Waals surface area contributed by atoms with E-state index in [2.05, 4.69) is 5.32 Å². The first kappa shape index (κ1) is 30.7. The topological polar surface area (TPSA) is 86.8 Å². The largest absolute Gasteiger partial charge is 0.354 e. The van der Waals surface area contributed by atoms with Gasteiger partial charge in [0.15, 0.2) is 0 Å². The fourth-order valence-corrected chi connectivity index (χ4v) is 5.64. The lowest BCUT2D eigenvalue weighted by atomic mass is 10.1. The molecule has 0 fully saturated rings. The maximum Gasteiger partial charge on any atom is 0.264 e. The van der Waals surface area contributed by atoms with Crippen LogP contribution >= 0.6 is 0 Å². The molecule has 0 aromatic heterocycles. The number of sulfonamides is 1. The highest BCUT2D eigenvalue weighted by molar-refractivity contribution is 7.92. The molecule has 0 unspecified atom stereocenters. The third kappa shape index (κ3) is 7.65. The fraction of sp³-hybridized carbons (Fsp3) is 0.333. The normalized spacial score (nSPS) is 12.0. The maximum absolute atomic E-state index is 15.0. The molecule has 0 heterocycles. The van der Waals surface area contributed by atoms with E-state index in [1.807, 2.05) is 6.92 Å². The van der Waals surface area contributed by atoms with E-state index in [0.717, 1.165) is 28.8 Å². The third-order valence-corrected chi connectivity index (χ3v) is 8.26. The van der Waals surface area contributed by atoms with Crippen LogP contribution in [0, 0.1) is 18.6 Å². The number of benzene rings is 3. The monoisotopic (exact) mass is 571 g/mol. The predicted molar refractivity (Wildman–Crippen MR) is 151 cm³/mol. The molecular formula is C30H35F2N3O4S. The van der Waals surface area contributed by atoms with Crippen LogP contribution in [0.25, 0.3) is 0 Å². The molecule has 0 radical (unpaired) electrons. The summed E-state index contributed by atoms with van der Waals surface area (Å²) in [5.41, 5.74) is 1.09. The lowest BCUT2D eigenvalue weighted by Crippen LogP contribution is -2.52. The molecule has 0 aliphatic carbocycles. The number of amides is 2. The van der Waals surface area contributed by atoms with E-state index in [9.17, 15) is 26.8 Å². The Balaban J connectivity index is 2.04. The standard InChI is InChI=1S/C30H35F2N3O4S/c1-4-6-19-33-30(37)27(5-2)34(20-23-13-15-24(31)16-14-23)29(36)21-35(28-10-8-7-9-26(28)32)40(38,39)25-17-11-22(3)12-18-25/h7-18,27H,4-6,19-21H2,1-3H3,(H,33,37)/t27-/m0/s1. The molecule has 7 nitrogen and oxygen atoms in total. The average Bonchev–Trinajstić information content (AvgIpc) is 2.93. The number of aryl methyl sites for hydroxylation is 1. The third-order valence-electron chi connectivity index (χ3n) is 6.49. The average molecular weight is 572 g/mol. The summed E-state index contributed by atoms with van der Waals surface area (Å²) in [6.07, 6.45) is 1.86. The van der Waals surface area contributed by atoms with Crippen LogP contribution in [0.5, 0.6) is 0 Å². The molecule has 1 N–H and O–H groups in total. The van der Waals surface area contributed by atoms with E-state index >= 15 is 0 Å². The molecule has 0 saturated carbocycles. The zero-order chi connectivity index (χ0) is 29.3. The maximum atomic E-state index is 15.0. The number of unbranched alkanes of at least 4 members (excludes halogenated alkanes) is 1. The molecule has 2 amide bonds. The number of nitrogens with one attached hydrogen (secondary N) is 1. The number of halogens is 2. The number of para-hydroxylation sites is 1. The van der Waals surface area contributed by atoms with Gasteiger partial charge in [0.05, 0.1) is 10.6 Å². The SMILES string of the molecule is CCCCNC(=O)[C@H](CC)N(Cc1ccc(F)cc1)C(=O)CN(c1ccccc1F)S(=O)(=O)c1ccc(C)cc1. The van der Waals surface area contributed by atoms with Gasteiger partial charge in [0.25, 0.3) is 10.0 Å². The zero-order valence-corrected chi connectivity index (χ0v) is 23.8. The van der Waals surface area contributed by atoms with Gasteiger partial charge in [0.2, 0.25) is 11.8 Å². The Kier molecular flexibility index (Phi) is 10.8. The molecular weight excluding hydrogens is 536 g/mol. The van der Waals surface area contributed by atoms with Crippen LogP contribution in [0.15, 0.2) is 77.7 Å². The summed E-state index contributed by atoms with van der Waals surface area (Å²) in [4.78, 5) is 28.2. The van der Waals surface area contributed by atoms with Gasteiger partial charge in [-0.2, -0.15) is 0 Å². The van der Waals surface area contributed by atoms with Gasteiger partial charge >= 0.3 is 0 Å². The number of anilines is 1. The van der Waals surface area contributed by atoms with Crippen LogP contribution in [-0.2, 0) is 26.2 Å². The summed E-state index contributed by atoms with van der Waals surface area (Å²) in [5, 5.41) is 2.84. The second kappa shape index (κ2) is 14.0. The Morgan fingerprint density at radius 3 is 2.17 bits per heavy atom. The second-order valence-corrected chi connectivity index (χ2v) is 11.4. The van der Waals surface area contributed by atoms with Crippen LogP contribution < -0.4 is 9.62 Å². The summed E-state index contributed by atoms with van der Waals surface area (Å²) in [6.45, 7) is 5.13. The van der Waals surface area contributed by atoms with Crippen LogP contribution in [-0.4, -0.2) is 44.3 Å². The molecule has 3 rings (SSSR count). The molecule has 1 atom stereocenters. The van der Waals surface area contributed by atoms with Crippen molar-refractivity contribution in [2.45, 2.75) is 57.5 Å². The molecule has 0 saturated heterocycles. The van der Waals surface area contributed by atoms with Crippen molar-refractivity contribution in [1.29, 1.82) is 0 Å². The Labute approximate surface area is 234 Å². The number of carbonyl (C=O) groups excluding carboxylic acids is 2.